The van der Waals surface area contributed by atoms with Gasteiger partial charge in [0, 0.05) is 25.8 Å². The summed E-state index contributed by atoms with van der Waals surface area (Å²) in [5, 5.41) is 0.726. The first-order valence-electron chi connectivity index (χ1n) is 6.30. The highest BCUT2D eigenvalue weighted by Gasteiger charge is 2.18. The maximum absolute atomic E-state index is 6.35. The molecule has 0 radical (unpaired) electrons. The van der Waals surface area contributed by atoms with Gasteiger partial charge in [0.15, 0.2) is 0 Å². The van der Waals surface area contributed by atoms with E-state index >= 15 is 0 Å². The molecule has 4 heteroatoms. The highest BCUT2D eigenvalue weighted by atomic mass is 35.5. The highest BCUT2D eigenvalue weighted by Crippen LogP contribution is 2.29. The van der Waals surface area contributed by atoms with Gasteiger partial charge in [-0.05, 0) is 36.8 Å². The third-order valence-corrected chi connectivity index (χ3v) is 3.90. The van der Waals surface area contributed by atoms with E-state index in [-0.39, 0.29) is 0 Å². The van der Waals surface area contributed by atoms with Crippen LogP contribution < -0.4 is 10.6 Å². The van der Waals surface area contributed by atoms with Crippen LogP contribution in [0.3, 0.4) is 0 Å². The number of hydrogen-bond donors (Lipinski definition) is 1. The lowest BCUT2D eigenvalue weighted by molar-refractivity contribution is 0.521. The fourth-order valence-corrected chi connectivity index (χ4v) is 2.63. The van der Waals surface area contributed by atoms with Crippen LogP contribution in [0.2, 0.25) is 5.02 Å². The normalized spacial score (nSPS) is 21.4. The van der Waals surface area contributed by atoms with Gasteiger partial charge in [0.05, 0.1) is 5.02 Å². The molecule has 94 valence electrons. The molecule has 1 atom stereocenters. The lowest BCUT2D eigenvalue weighted by Gasteiger charge is -2.23. The number of hydrogen-bond acceptors (Lipinski definition) is 3. The maximum Gasteiger partial charge on any atom is 0.147 e. The zero-order valence-corrected chi connectivity index (χ0v) is 11.1. The van der Waals surface area contributed by atoms with Gasteiger partial charge in [0.2, 0.25) is 0 Å². The summed E-state index contributed by atoms with van der Waals surface area (Å²) >= 11 is 6.35. The van der Waals surface area contributed by atoms with Gasteiger partial charge >= 0.3 is 0 Å². The van der Waals surface area contributed by atoms with Crippen LogP contribution in [-0.2, 0) is 6.54 Å². The van der Waals surface area contributed by atoms with Gasteiger partial charge in [-0.1, -0.05) is 18.5 Å². The van der Waals surface area contributed by atoms with E-state index in [1.807, 2.05) is 6.07 Å². The van der Waals surface area contributed by atoms with Gasteiger partial charge in [0.25, 0.3) is 0 Å². The molecule has 3 nitrogen and oxygen atoms in total. The standard InChI is InChI=1S/C13H20ClN3/c1-10-3-2-7-17(8-5-10)13-12(14)11(9-15)4-6-16-13/h4,6,10H,2-3,5,7-9,15H2,1H3. The molecule has 0 aromatic carbocycles. The van der Waals surface area contributed by atoms with E-state index in [2.05, 4.69) is 16.8 Å². The quantitative estimate of drug-likeness (QED) is 0.881. The van der Waals surface area contributed by atoms with E-state index in [9.17, 15) is 0 Å². The van der Waals surface area contributed by atoms with Crippen molar-refractivity contribution < 1.29 is 0 Å². The summed E-state index contributed by atoms with van der Waals surface area (Å²) in [7, 11) is 0. The Morgan fingerprint density at radius 2 is 2.29 bits per heavy atom. The molecule has 2 heterocycles. The highest BCUT2D eigenvalue weighted by molar-refractivity contribution is 6.33. The van der Waals surface area contributed by atoms with Gasteiger partial charge in [-0.2, -0.15) is 0 Å². The average molecular weight is 254 g/mol. The summed E-state index contributed by atoms with van der Waals surface area (Å²) in [4.78, 5) is 6.71. The first kappa shape index (κ1) is 12.7. The van der Waals surface area contributed by atoms with Crippen LogP contribution in [0.5, 0.6) is 0 Å². The third kappa shape index (κ3) is 2.90. The number of aromatic nitrogens is 1. The number of nitrogens with zero attached hydrogens (tertiary/aromatic N) is 2. The Kier molecular flexibility index (Phi) is 4.24. The number of pyridine rings is 1. The summed E-state index contributed by atoms with van der Waals surface area (Å²) < 4.78 is 0. The fraction of sp³-hybridized carbons (Fsp3) is 0.615. The Labute approximate surface area is 108 Å². The second-order valence-corrected chi connectivity index (χ2v) is 5.21. The Hall–Kier alpha value is -0.800. The molecule has 0 amide bonds. The van der Waals surface area contributed by atoms with Gasteiger partial charge in [0.1, 0.15) is 5.82 Å². The van der Waals surface area contributed by atoms with E-state index in [0.717, 1.165) is 35.4 Å². The molecule has 0 aliphatic carbocycles. The van der Waals surface area contributed by atoms with Crippen LogP contribution in [0.25, 0.3) is 0 Å². The van der Waals surface area contributed by atoms with Crippen molar-refractivity contribution in [1.29, 1.82) is 0 Å². The van der Waals surface area contributed by atoms with Crippen molar-refractivity contribution in [1.82, 2.24) is 4.98 Å². The Balaban J connectivity index is 2.21. The lowest BCUT2D eigenvalue weighted by atomic mass is 10.0. The topological polar surface area (TPSA) is 42.2 Å². The number of halogens is 1. The summed E-state index contributed by atoms with van der Waals surface area (Å²) in [5.74, 6) is 1.71. The number of rotatable bonds is 2. The molecule has 2 rings (SSSR count). The number of nitrogens with two attached hydrogens (primary N) is 1. The SMILES string of the molecule is CC1CCCN(c2nccc(CN)c2Cl)CC1. The second-order valence-electron chi connectivity index (χ2n) is 4.83. The first-order chi connectivity index (χ1) is 8.22. The van der Waals surface area contributed by atoms with E-state index < -0.39 is 0 Å². The molecule has 1 saturated heterocycles. The average Bonchev–Trinajstić information content (AvgIpc) is 2.54. The number of anilines is 1. The van der Waals surface area contributed by atoms with Gasteiger partial charge < -0.3 is 10.6 Å². The lowest BCUT2D eigenvalue weighted by Crippen LogP contribution is -2.25. The Bertz CT molecular complexity index is 381. The molecular formula is C13H20ClN3. The maximum atomic E-state index is 6.35. The predicted octanol–water partition coefficient (Wildman–Crippen LogP) is 2.82. The molecular weight excluding hydrogens is 234 g/mol. The summed E-state index contributed by atoms with van der Waals surface area (Å²) in [6, 6.07) is 1.90. The predicted molar refractivity (Wildman–Crippen MR) is 72.4 cm³/mol. The van der Waals surface area contributed by atoms with E-state index in [1.165, 1.54) is 19.3 Å². The van der Waals surface area contributed by atoms with Crippen LogP contribution in [-0.4, -0.2) is 18.1 Å². The van der Waals surface area contributed by atoms with E-state index in [1.54, 1.807) is 6.20 Å². The minimum Gasteiger partial charge on any atom is -0.355 e. The fourth-order valence-electron chi connectivity index (χ4n) is 2.32. The summed E-state index contributed by atoms with van der Waals surface area (Å²) in [5.41, 5.74) is 6.65. The molecule has 1 unspecified atom stereocenters. The Morgan fingerprint density at radius 1 is 1.47 bits per heavy atom. The Morgan fingerprint density at radius 3 is 3.06 bits per heavy atom. The van der Waals surface area contributed by atoms with Crippen LogP contribution in [0.15, 0.2) is 12.3 Å². The van der Waals surface area contributed by atoms with Crippen LogP contribution in [0.1, 0.15) is 31.7 Å². The second kappa shape index (κ2) is 5.69. The monoisotopic (exact) mass is 253 g/mol. The van der Waals surface area contributed by atoms with E-state index in [4.69, 9.17) is 17.3 Å². The van der Waals surface area contributed by atoms with Gasteiger partial charge in [-0.25, -0.2) is 4.98 Å². The molecule has 0 bridgehead atoms. The van der Waals surface area contributed by atoms with Crippen molar-refractivity contribution in [2.75, 3.05) is 18.0 Å². The zero-order valence-electron chi connectivity index (χ0n) is 10.3. The first-order valence-corrected chi connectivity index (χ1v) is 6.68. The van der Waals surface area contributed by atoms with Crippen LogP contribution in [0, 0.1) is 5.92 Å². The molecule has 17 heavy (non-hydrogen) atoms. The molecule has 0 spiro atoms. The van der Waals surface area contributed by atoms with Crippen molar-refractivity contribution in [2.45, 2.75) is 32.7 Å². The minimum absolute atomic E-state index is 0.471. The van der Waals surface area contributed by atoms with Crippen molar-refractivity contribution in [3.63, 3.8) is 0 Å². The van der Waals surface area contributed by atoms with E-state index in [0.29, 0.717) is 6.54 Å². The molecule has 1 aliphatic heterocycles. The smallest absolute Gasteiger partial charge is 0.147 e. The molecule has 2 N–H and O–H groups in total. The minimum atomic E-state index is 0.471. The molecule has 1 aromatic rings. The third-order valence-electron chi connectivity index (χ3n) is 3.49. The largest absolute Gasteiger partial charge is 0.355 e. The van der Waals surface area contributed by atoms with Crippen molar-refractivity contribution in [2.24, 2.45) is 11.7 Å². The molecule has 0 saturated carbocycles. The van der Waals surface area contributed by atoms with Crippen LogP contribution in [0.4, 0.5) is 5.82 Å². The zero-order chi connectivity index (χ0) is 12.3. The summed E-state index contributed by atoms with van der Waals surface area (Å²) in [6.07, 6.45) is 5.53. The van der Waals surface area contributed by atoms with Crippen molar-refractivity contribution in [3.05, 3.63) is 22.8 Å². The molecule has 1 aromatic heterocycles. The van der Waals surface area contributed by atoms with Crippen LogP contribution >= 0.6 is 11.6 Å². The molecule has 1 fully saturated rings. The van der Waals surface area contributed by atoms with Gasteiger partial charge in [-0.3, -0.25) is 0 Å². The van der Waals surface area contributed by atoms with Gasteiger partial charge in [-0.15, -0.1) is 0 Å². The van der Waals surface area contributed by atoms with Crippen molar-refractivity contribution >= 4 is 17.4 Å². The van der Waals surface area contributed by atoms with Crippen molar-refractivity contribution in [3.8, 4) is 0 Å². The molecule has 1 aliphatic rings. The summed E-state index contributed by atoms with van der Waals surface area (Å²) in [6.45, 7) is 4.88.